The van der Waals surface area contributed by atoms with E-state index in [1.54, 1.807) is 0 Å². The summed E-state index contributed by atoms with van der Waals surface area (Å²) < 4.78 is 5.76. The molecule has 0 aliphatic heterocycles. The highest BCUT2D eigenvalue weighted by atomic mass is 127. The Morgan fingerprint density at radius 2 is 2.00 bits per heavy atom. The van der Waals surface area contributed by atoms with Gasteiger partial charge < -0.3 is 4.74 Å². The molecule has 0 amide bonds. The van der Waals surface area contributed by atoms with Crippen molar-refractivity contribution in [2.45, 2.75) is 18.0 Å². The van der Waals surface area contributed by atoms with Crippen LogP contribution in [0.4, 0.5) is 0 Å². The van der Waals surface area contributed by atoms with Crippen molar-refractivity contribution in [2.75, 3.05) is 0 Å². The molecule has 2 heteroatoms. The molecule has 0 fully saturated rings. The van der Waals surface area contributed by atoms with E-state index in [4.69, 9.17) is 4.74 Å². The zero-order valence-corrected chi connectivity index (χ0v) is 8.83. The number of aryl methyl sites for hydroxylation is 1. The molecular formula is C9H11IO. The van der Waals surface area contributed by atoms with Crippen LogP contribution in [-0.4, -0.2) is 4.11 Å². The summed E-state index contributed by atoms with van der Waals surface area (Å²) in [5.74, 6) is 0.981. The minimum absolute atomic E-state index is 0.230. The summed E-state index contributed by atoms with van der Waals surface area (Å²) in [4.78, 5) is 0. The predicted molar refractivity (Wildman–Crippen MR) is 55.3 cm³/mol. The average molecular weight is 262 g/mol. The summed E-state index contributed by atoms with van der Waals surface area (Å²) in [6.07, 6.45) is 0. The molecule has 1 atom stereocenters. The van der Waals surface area contributed by atoms with Crippen molar-refractivity contribution < 1.29 is 4.74 Å². The van der Waals surface area contributed by atoms with E-state index in [-0.39, 0.29) is 4.11 Å². The number of hydrogen-bond acceptors (Lipinski definition) is 1. The molecule has 0 aliphatic rings. The number of halogens is 1. The van der Waals surface area contributed by atoms with Gasteiger partial charge in [-0.1, -0.05) is 18.2 Å². The Balaban J connectivity index is 2.78. The van der Waals surface area contributed by atoms with Gasteiger partial charge in [-0.05, 0) is 48.1 Å². The van der Waals surface area contributed by atoms with Crippen LogP contribution in [-0.2, 0) is 0 Å². The number of alkyl halides is 1. The Morgan fingerprint density at radius 3 is 2.55 bits per heavy atom. The molecular weight excluding hydrogens is 251 g/mol. The summed E-state index contributed by atoms with van der Waals surface area (Å²) in [6.45, 7) is 4.07. The number of hydrogen-bond donors (Lipinski definition) is 0. The third-order valence-electron chi connectivity index (χ3n) is 1.38. The maximum absolute atomic E-state index is 5.53. The number of para-hydroxylation sites is 1. The summed E-state index contributed by atoms with van der Waals surface area (Å²) >= 11 is 2.24. The highest BCUT2D eigenvalue weighted by molar-refractivity contribution is 14.1. The van der Waals surface area contributed by atoms with E-state index in [1.165, 1.54) is 5.56 Å². The zero-order valence-electron chi connectivity index (χ0n) is 6.67. The molecule has 0 saturated carbocycles. The highest BCUT2D eigenvalue weighted by Crippen LogP contribution is 2.19. The Bertz CT molecular complexity index is 233. The Kier molecular flexibility index (Phi) is 3.17. The molecule has 1 nitrogen and oxygen atoms in total. The van der Waals surface area contributed by atoms with Gasteiger partial charge in [-0.25, -0.2) is 0 Å². The van der Waals surface area contributed by atoms with Crippen LogP contribution in [0.5, 0.6) is 5.75 Å². The summed E-state index contributed by atoms with van der Waals surface area (Å²) in [6, 6.07) is 8.04. The van der Waals surface area contributed by atoms with Crippen LogP contribution in [0.25, 0.3) is 0 Å². The number of ether oxygens (including phenoxy) is 1. The second-order valence-corrected chi connectivity index (χ2v) is 4.18. The van der Waals surface area contributed by atoms with E-state index in [2.05, 4.69) is 22.6 Å². The fourth-order valence-electron chi connectivity index (χ4n) is 0.864. The average Bonchev–Trinajstić information content (AvgIpc) is 1.93. The van der Waals surface area contributed by atoms with Crippen molar-refractivity contribution in [3.05, 3.63) is 29.8 Å². The Labute approximate surface area is 80.9 Å². The normalized spacial score (nSPS) is 12.6. The molecule has 0 aliphatic carbocycles. The molecule has 1 rings (SSSR count). The first-order chi connectivity index (χ1) is 5.20. The van der Waals surface area contributed by atoms with Crippen LogP contribution in [0, 0.1) is 6.92 Å². The van der Waals surface area contributed by atoms with Crippen molar-refractivity contribution in [1.29, 1.82) is 0 Å². The first-order valence-corrected chi connectivity index (χ1v) is 4.81. The van der Waals surface area contributed by atoms with E-state index < -0.39 is 0 Å². The zero-order chi connectivity index (χ0) is 8.27. The van der Waals surface area contributed by atoms with Gasteiger partial charge in [0.1, 0.15) is 9.86 Å². The van der Waals surface area contributed by atoms with Crippen LogP contribution in [0.1, 0.15) is 12.5 Å². The molecule has 0 spiro atoms. The lowest BCUT2D eigenvalue weighted by Gasteiger charge is -2.09. The fourth-order valence-corrected chi connectivity index (χ4v) is 1.14. The van der Waals surface area contributed by atoms with E-state index in [0.29, 0.717) is 0 Å². The Morgan fingerprint density at radius 1 is 1.36 bits per heavy atom. The summed E-state index contributed by atoms with van der Waals surface area (Å²) in [7, 11) is 0. The molecule has 0 aromatic heterocycles. The largest absolute Gasteiger partial charge is 0.480 e. The minimum atomic E-state index is 0.230. The van der Waals surface area contributed by atoms with Gasteiger partial charge in [0, 0.05) is 0 Å². The van der Waals surface area contributed by atoms with Crippen molar-refractivity contribution in [1.82, 2.24) is 0 Å². The second kappa shape index (κ2) is 3.95. The molecule has 11 heavy (non-hydrogen) atoms. The van der Waals surface area contributed by atoms with Gasteiger partial charge in [0.25, 0.3) is 0 Å². The molecule has 0 N–H and O–H groups in total. The highest BCUT2D eigenvalue weighted by Gasteiger charge is 1.99. The van der Waals surface area contributed by atoms with Gasteiger partial charge in [-0.3, -0.25) is 0 Å². The smallest absolute Gasteiger partial charge is 0.146 e. The second-order valence-electron chi connectivity index (χ2n) is 2.43. The molecule has 1 unspecified atom stereocenters. The van der Waals surface area contributed by atoms with E-state index in [0.717, 1.165) is 5.75 Å². The number of benzene rings is 1. The summed E-state index contributed by atoms with van der Waals surface area (Å²) in [5, 5.41) is 0. The van der Waals surface area contributed by atoms with Crippen LogP contribution >= 0.6 is 22.6 Å². The van der Waals surface area contributed by atoms with E-state index >= 15 is 0 Å². The maximum atomic E-state index is 5.53. The Hall–Kier alpha value is -0.250. The predicted octanol–water partition coefficient (Wildman–Crippen LogP) is 3.15. The molecule has 0 bridgehead atoms. The number of rotatable bonds is 2. The van der Waals surface area contributed by atoms with Crippen molar-refractivity contribution in [3.8, 4) is 5.75 Å². The molecule has 1 aromatic rings. The van der Waals surface area contributed by atoms with Crippen molar-refractivity contribution >= 4 is 22.6 Å². The van der Waals surface area contributed by atoms with Crippen LogP contribution in [0.2, 0.25) is 0 Å². The lowest BCUT2D eigenvalue weighted by atomic mass is 10.2. The molecule has 0 heterocycles. The van der Waals surface area contributed by atoms with Gasteiger partial charge in [0.15, 0.2) is 0 Å². The topological polar surface area (TPSA) is 9.23 Å². The SMILES string of the molecule is Cc1ccccc1OC(C)I. The molecule has 0 saturated heterocycles. The molecule has 0 radical (unpaired) electrons. The maximum Gasteiger partial charge on any atom is 0.146 e. The first-order valence-electron chi connectivity index (χ1n) is 3.56. The quantitative estimate of drug-likeness (QED) is 0.587. The molecule has 60 valence electrons. The van der Waals surface area contributed by atoms with E-state index in [1.807, 2.05) is 38.1 Å². The van der Waals surface area contributed by atoms with Crippen LogP contribution in [0.15, 0.2) is 24.3 Å². The first kappa shape index (κ1) is 8.84. The summed E-state index contributed by atoms with van der Waals surface area (Å²) in [5.41, 5.74) is 1.19. The lowest BCUT2D eigenvalue weighted by Crippen LogP contribution is -2.02. The van der Waals surface area contributed by atoms with Gasteiger partial charge in [0.05, 0.1) is 0 Å². The fraction of sp³-hybridized carbons (Fsp3) is 0.333. The third kappa shape index (κ3) is 2.69. The monoisotopic (exact) mass is 262 g/mol. The van der Waals surface area contributed by atoms with Gasteiger partial charge in [-0.15, -0.1) is 0 Å². The third-order valence-corrected chi connectivity index (χ3v) is 1.64. The van der Waals surface area contributed by atoms with Crippen LogP contribution < -0.4 is 4.74 Å². The van der Waals surface area contributed by atoms with Crippen molar-refractivity contribution in [3.63, 3.8) is 0 Å². The van der Waals surface area contributed by atoms with Gasteiger partial charge in [-0.2, -0.15) is 0 Å². The lowest BCUT2D eigenvalue weighted by molar-refractivity contribution is 0.320. The van der Waals surface area contributed by atoms with Gasteiger partial charge in [0.2, 0.25) is 0 Å². The standard InChI is InChI=1S/C9H11IO/c1-7-5-3-4-6-9(7)11-8(2)10/h3-6,8H,1-2H3. The molecule has 1 aromatic carbocycles. The van der Waals surface area contributed by atoms with Gasteiger partial charge >= 0.3 is 0 Å². The van der Waals surface area contributed by atoms with E-state index in [9.17, 15) is 0 Å². The minimum Gasteiger partial charge on any atom is -0.480 e. The van der Waals surface area contributed by atoms with Crippen LogP contribution in [0.3, 0.4) is 0 Å². The van der Waals surface area contributed by atoms with Crippen molar-refractivity contribution in [2.24, 2.45) is 0 Å².